The maximum absolute atomic E-state index is 6.53. The van der Waals surface area contributed by atoms with Crippen molar-refractivity contribution in [1.82, 2.24) is 4.90 Å². The number of rotatable bonds is 9. The summed E-state index contributed by atoms with van der Waals surface area (Å²) in [4.78, 5) is 2.30. The molecule has 0 saturated heterocycles. The molecule has 0 amide bonds. The van der Waals surface area contributed by atoms with Crippen LogP contribution in [-0.2, 0) is 15.5 Å². The van der Waals surface area contributed by atoms with Crippen LogP contribution in [0, 0.1) is 0 Å². The molecular formula is C33H36InNO2. The number of ether oxygens (including phenoxy) is 2. The summed E-state index contributed by atoms with van der Waals surface area (Å²) in [5.74, 6) is 0.932. The second-order valence-electron chi connectivity index (χ2n) is 10.0. The average Bonchev–Trinajstić information content (AvgIpc) is 3.08. The average molecular weight is 593 g/mol. The fraction of sp³-hybridized carbons (Fsp3) is 0.273. The SMILES string of the molecule is CC1=[C](c2ccccc2)[In]([CH2]c2ccc(OC(C)N3C=CCCCC3)cc2)[C](OCc2ccccc2)=C1. The van der Waals surface area contributed by atoms with Gasteiger partial charge in [0.15, 0.2) is 0 Å². The van der Waals surface area contributed by atoms with Crippen molar-refractivity contribution >= 4 is 24.8 Å². The van der Waals surface area contributed by atoms with E-state index in [9.17, 15) is 0 Å². The Hall–Kier alpha value is -2.85. The van der Waals surface area contributed by atoms with Crippen molar-refractivity contribution in [3.05, 3.63) is 129 Å². The molecule has 5 rings (SSSR count). The molecule has 0 radical (unpaired) electrons. The summed E-state index contributed by atoms with van der Waals surface area (Å²) < 4.78 is 16.7. The molecule has 2 heterocycles. The predicted molar refractivity (Wildman–Crippen MR) is 154 cm³/mol. The van der Waals surface area contributed by atoms with Gasteiger partial charge in [-0.15, -0.1) is 0 Å². The predicted octanol–water partition coefficient (Wildman–Crippen LogP) is 7.65. The van der Waals surface area contributed by atoms with Crippen molar-refractivity contribution in [3.63, 3.8) is 0 Å². The van der Waals surface area contributed by atoms with Crippen LogP contribution in [0.5, 0.6) is 5.75 Å². The number of benzene rings is 3. The van der Waals surface area contributed by atoms with E-state index in [1.54, 1.807) is 3.33 Å². The zero-order valence-corrected chi connectivity index (χ0v) is 25.3. The Balaban J connectivity index is 1.30. The van der Waals surface area contributed by atoms with Gasteiger partial charge < -0.3 is 0 Å². The van der Waals surface area contributed by atoms with E-state index in [2.05, 4.69) is 122 Å². The molecule has 0 saturated carbocycles. The van der Waals surface area contributed by atoms with Gasteiger partial charge in [-0.3, -0.25) is 0 Å². The molecule has 2 aliphatic heterocycles. The molecule has 0 aliphatic carbocycles. The molecule has 3 nitrogen and oxygen atoms in total. The Morgan fingerprint density at radius 2 is 1.59 bits per heavy atom. The van der Waals surface area contributed by atoms with Gasteiger partial charge in [-0.1, -0.05) is 0 Å². The summed E-state index contributed by atoms with van der Waals surface area (Å²) >= 11 is -2.47. The zero-order valence-electron chi connectivity index (χ0n) is 22.0. The molecule has 1 unspecified atom stereocenters. The second-order valence-corrected chi connectivity index (χ2v) is 17.6. The molecule has 37 heavy (non-hydrogen) atoms. The number of hydrogen-bond donors (Lipinski definition) is 0. The van der Waals surface area contributed by atoms with Crippen molar-refractivity contribution in [2.24, 2.45) is 0 Å². The van der Waals surface area contributed by atoms with Crippen LogP contribution in [-0.4, -0.2) is 39.1 Å². The van der Waals surface area contributed by atoms with Crippen LogP contribution >= 0.6 is 0 Å². The van der Waals surface area contributed by atoms with E-state index in [0.717, 1.165) is 22.9 Å². The third-order valence-electron chi connectivity index (χ3n) is 7.28. The fourth-order valence-electron chi connectivity index (χ4n) is 5.29. The van der Waals surface area contributed by atoms with Crippen molar-refractivity contribution in [1.29, 1.82) is 0 Å². The van der Waals surface area contributed by atoms with Gasteiger partial charge in [-0.25, -0.2) is 0 Å². The van der Waals surface area contributed by atoms with Crippen LogP contribution in [0.2, 0.25) is 0 Å². The molecule has 2 aliphatic rings. The molecule has 4 heteroatoms. The van der Waals surface area contributed by atoms with E-state index in [-0.39, 0.29) is 6.23 Å². The van der Waals surface area contributed by atoms with Crippen molar-refractivity contribution in [2.45, 2.75) is 50.1 Å². The fourth-order valence-corrected chi connectivity index (χ4v) is 15.0. The number of nitrogens with zero attached hydrogens (tertiary/aromatic N) is 1. The van der Waals surface area contributed by atoms with Crippen LogP contribution in [0.4, 0.5) is 0 Å². The standard InChI is InChI=1S/C18H16O.C15H20NO.In/c1-16(14-17-8-4-2-5-9-17)12-13-19-15-18-10-6-3-7-11-18;1-13-7-9-15(10-8-13)17-14(2)16-11-5-3-4-6-12-16;/h2-12H,15H2,1H3;5,7-11,14H,1,3-4,6,12H2,2H3;. The van der Waals surface area contributed by atoms with E-state index in [1.165, 1.54) is 38.6 Å². The molecule has 0 fully saturated rings. The molecule has 0 N–H and O–H groups in total. The van der Waals surface area contributed by atoms with E-state index in [4.69, 9.17) is 9.47 Å². The number of allylic oxidation sites excluding steroid dienone is 3. The van der Waals surface area contributed by atoms with Gasteiger partial charge in [-0.05, 0) is 0 Å². The molecule has 3 aromatic rings. The summed E-state index contributed by atoms with van der Waals surface area (Å²) in [7, 11) is 0. The van der Waals surface area contributed by atoms with Crippen LogP contribution in [0.15, 0.2) is 112 Å². The van der Waals surface area contributed by atoms with Gasteiger partial charge >= 0.3 is 231 Å². The van der Waals surface area contributed by atoms with Crippen LogP contribution in [0.1, 0.15) is 49.8 Å². The zero-order chi connectivity index (χ0) is 25.5. The second kappa shape index (κ2) is 12.6. The van der Waals surface area contributed by atoms with E-state index >= 15 is 0 Å². The van der Waals surface area contributed by atoms with Crippen LogP contribution in [0.3, 0.4) is 0 Å². The Labute approximate surface area is 229 Å². The van der Waals surface area contributed by atoms with Crippen molar-refractivity contribution in [2.75, 3.05) is 6.54 Å². The van der Waals surface area contributed by atoms with Gasteiger partial charge in [0.05, 0.1) is 0 Å². The molecular weight excluding hydrogens is 557 g/mol. The summed E-state index contributed by atoms with van der Waals surface area (Å²) in [6, 6.07) is 30.2. The van der Waals surface area contributed by atoms with Gasteiger partial charge in [0.1, 0.15) is 0 Å². The first-order valence-electron chi connectivity index (χ1n) is 13.5. The van der Waals surface area contributed by atoms with Crippen molar-refractivity contribution < 1.29 is 9.47 Å². The first-order valence-corrected chi connectivity index (χ1v) is 19.1. The molecule has 1 atom stereocenters. The molecule has 0 bridgehead atoms. The van der Waals surface area contributed by atoms with Gasteiger partial charge in [0, 0.05) is 0 Å². The Bertz CT molecular complexity index is 1250. The van der Waals surface area contributed by atoms with E-state index < -0.39 is 21.4 Å². The van der Waals surface area contributed by atoms with Crippen molar-refractivity contribution in [3.8, 4) is 5.75 Å². The Kier molecular flexibility index (Phi) is 8.78. The number of hydrogen-bond acceptors (Lipinski definition) is 3. The molecule has 0 spiro atoms. The summed E-state index contributed by atoms with van der Waals surface area (Å²) in [6.45, 7) is 6.07. The third kappa shape index (κ3) is 6.73. The summed E-state index contributed by atoms with van der Waals surface area (Å²) in [5, 5.41) is 0. The van der Waals surface area contributed by atoms with Crippen LogP contribution in [0.25, 0.3) is 3.33 Å². The minimum absolute atomic E-state index is 0.0328. The quantitative estimate of drug-likeness (QED) is 0.255. The Morgan fingerprint density at radius 1 is 0.865 bits per heavy atom. The van der Waals surface area contributed by atoms with Gasteiger partial charge in [-0.2, -0.15) is 0 Å². The summed E-state index contributed by atoms with van der Waals surface area (Å²) in [6.07, 6.45) is 10.4. The topological polar surface area (TPSA) is 21.7 Å². The Morgan fingerprint density at radius 3 is 2.35 bits per heavy atom. The van der Waals surface area contributed by atoms with E-state index in [0.29, 0.717) is 6.61 Å². The molecule has 0 aromatic heterocycles. The first-order chi connectivity index (χ1) is 18.2. The minimum atomic E-state index is -2.47. The monoisotopic (exact) mass is 593 g/mol. The normalized spacial score (nSPS) is 16.4. The van der Waals surface area contributed by atoms with E-state index in [1.807, 2.05) is 0 Å². The molecule has 188 valence electrons. The van der Waals surface area contributed by atoms with Gasteiger partial charge in [0.2, 0.25) is 0 Å². The third-order valence-corrected chi connectivity index (χ3v) is 16.9. The summed E-state index contributed by atoms with van der Waals surface area (Å²) in [5.41, 5.74) is 5.31. The van der Waals surface area contributed by atoms with Gasteiger partial charge in [0.25, 0.3) is 0 Å². The maximum atomic E-state index is 6.53. The van der Waals surface area contributed by atoms with Crippen LogP contribution < -0.4 is 4.74 Å². The molecule has 3 aromatic carbocycles. The first kappa shape index (κ1) is 25.8.